The van der Waals surface area contributed by atoms with Crippen LogP contribution in [0.25, 0.3) is 4.96 Å². The highest BCUT2D eigenvalue weighted by Crippen LogP contribution is 2.37. The molecule has 1 N–H and O–H groups in total. The molecule has 1 unspecified atom stereocenters. The molecule has 11 nitrogen and oxygen atoms in total. The Labute approximate surface area is 226 Å². The maximum absolute atomic E-state index is 15.3. The van der Waals surface area contributed by atoms with Crippen LogP contribution in [0.2, 0.25) is 0 Å². The van der Waals surface area contributed by atoms with Gasteiger partial charge in [0.2, 0.25) is 15.0 Å². The molecule has 1 amide bonds. The molecule has 4 aromatic rings. The van der Waals surface area contributed by atoms with Gasteiger partial charge in [-0.05, 0) is 37.1 Å². The number of carbonyl (C=O) groups excluding carboxylic acids is 1. The molecular formula is C24H25F2N7O4S2. The number of nitrogens with zero attached hydrogens (tertiary/aromatic N) is 6. The molecule has 39 heavy (non-hydrogen) atoms. The van der Waals surface area contributed by atoms with Gasteiger partial charge in [-0.2, -0.15) is 5.10 Å². The predicted octanol–water partition coefficient (Wildman–Crippen LogP) is 2.98. The molecule has 206 valence electrons. The van der Waals surface area contributed by atoms with Crippen LogP contribution < -0.4 is 9.46 Å². The second-order valence-electron chi connectivity index (χ2n) is 9.04. The molecule has 15 heteroatoms. The first-order chi connectivity index (χ1) is 18.6. The molecule has 1 aliphatic rings. The lowest BCUT2D eigenvalue weighted by Crippen LogP contribution is -2.44. The van der Waals surface area contributed by atoms with Crippen molar-refractivity contribution in [2.24, 2.45) is 0 Å². The zero-order valence-electron chi connectivity index (χ0n) is 21.3. The smallest absolute Gasteiger partial charge is 0.261 e. The first-order valence-electron chi connectivity index (χ1n) is 12.0. The largest absolute Gasteiger partial charge is 0.482 e. The average Bonchev–Trinajstić information content (AvgIpc) is 3.44. The number of alkyl halides is 1. The molecule has 0 aliphatic carbocycles. The topological polar surface area (TPSA) is 132 Å². The number of amides is 1. The standard InChI is InChI=1S/C24H25F2N7O4S2/c1-4-15-17(5-6-18(28-15)31-39(3,35)36)37-12-20(34)32-8-7-16-22(33-24(29-16)38-19(10-25)30-33)23(32)21-14(26)9-13(2)11-27-21/h5-6,9,11,23H,4,7-8,10,12H2,1-3H3,(H,28,31). The van der Waals surface area contributed by atoms with Crippen molar-refractivity contribution in [1.82, 2.24) is 29.5 Å². The van der Waals surface area contributed by atoms with Gasteiger partial charge < -0.3 is 9.64 Å². The van der Waals surface area contributed by atoms with Crippen LogP contribution in [0.5, 0.6) is 5.75 Å². The minimum atomic E-state index is -3.51. The van der Waals surface area contributed by atoms with E-state index in [0.717, 1.165) is 17.6 Å². The summed E-state index contributed by atoms with van der Waals surface area (Å²) in [6.45, 7) is 2.60. The summed E-state index contributed by atoms with van der Waals surface area (Å²) in [4.78, 5) is 28.6. The highest BCUT2D eigenvalue weighted by Gasteiger charge is 2.39. The van der Waals surface area contributed by atoms with Crippen LogP contribution in [0, 0.1) is 12.7 Å². The number of anilines is 1. The van der Waals surface area contributed by atoms with Gasteiger partial charge in [-0.3, -0.25) is 14.5 Å². The highest BCUT2D eigenvalue weighted by molar-refractivity contribution is 7.92. The van der Waals surface area contributed by atoms with Crippen LogP contribution in [-0.4, -0.2) is 63.2 Å². The van der Waals surface area contributed by atoms with E-state index in [1.807, 2.05) is 6.92 Å². The van der Waals surface area contributed by atoms with Crippen molar-refractivity contribution in [3.05, 3.63) is 63.6 Å². The Balaban J connectivity index is 1.47. The number of imidazole rings is 1. The molecular weight excluding hydrogens is 552 g/mol. The van der Waals surface area contributed by atoms with Gasteiger partial charge in [0.05, 0.1) is 23.3 Å². The van der Waals surface area contributed by atoms with E-state index < -0.39 is 34.5 Å². The number of aryl methyl sites for hydroxylation is 2. The van der Waals surface area contributed by atoms with Gasteiger partial charge in [-0.15, -0.1) is 0 Å². The number of sulfonamides is 1. The molecule has 0 saturated heterocycles. The van der Waals surface area contributed by atoms with Gasteiger partial charge in [-0.25, -0.2) is 31.7 Å². The van der Waals surface area contributed by atoms with E-state index in [1.165, 1.54) is 33.8 Å². The highest BCUT2D eigenvalue weighted by atomic mass is 32.2. The maximum atomic E-state index is 15.3. The second-order valence-corrected chi connectivity index (χ2v) is 11.8. The Morgan fingerprint density at radius 3 is 2.79 bits per heavy atom. The number of nitrogens with one attached hydrogen (secondary N) is 1. The van der Waals surface area contributed by atoms with E-state index in [9.17, 15) is 17.6 Å². The van der Waals surface area contributed by atoms with Crippen molar-refractivity contribution in [3.8, 4) is 5.75 Å². The van der Waals surface area contributed by atoms with E-state index >= 15 is 4.39 Å². The van der Waals surface area contributed by atoms with Crippen molar-refractivity contribution in [1.29, 1.82) is 0 Å². The first kappa shape index (κ1) is 26.9. The molecule has 0 spiro atoms. The van der Waals surface area contributed by atoms with E-state index in [2.05, 4.69) is 24.8 Å². The fraction of sp³-hybridized carbons (Fsp3) is 0.375. The average molecular weight is 578 g/mol. The summed E-state index contributed by atoms with van der Waals surface area (Å²) in [6.07, 6.45) is 3.35. The SMILES string of the molecule is CCc1nc(NS(C)(=O)=O)ccc1OCC(=O)N1CCc2nc3sc(CF)nn3c2C1c1ncc(C)cc1F. The number of halogens is 2. The Morgan fingerprint density at radius 2 is 2.10 bits per heavy atom. The minimum absolute atomic E-state index is 0.0265. The van der Waals surface area contributed by atoms with Crippen LogP contribution in [0.4, 0.5) is 14.6 Å². The third kappa shape index (κ3) is 5.41. The molecule has 4 aromatic heterocycles. The summed E-state index contributed by atoms with van der Waals surface area (Å²) >= 11 is 1.09. The number of aromatic nitrogens is 5. The van der Waals surface area contributed by atoms with Gasteiger partial charge in [-0.1, -0.05) is 18.3 Å². The van der Waals surface area contributed by atoms with E-state index in [0.29, 0.717) is 46.2 Å². The third-order valence-corrected chi connectivity index (χ3v) is 7.58. The number of hydrogen-bond acceptors (Lipinski definition) is 9. The summed E-state index contributed by atoms with van der Waals surface area (Å²) in [7, 11) is -3.51. The summed E-state index contributed by atoms with van der Waals surface area (Å²) < 4.78 is 61.3. The van der Waals surface area contributed by atoms with Crippen LogP contribution >= 0.6 is 11.3 Å². The third-order valence-electron chi connectivity index (χ3n) is 6.12. The number of carbonyl (C=O) groups is 1. The molecule has 0 aromatic carbocycles. The molecule has 1 aliphatic heterocycles. The summed E-state index contributed by atoms with van der Waals surface area (Å²) in [5.74, 6) is -0.575. The fourth-order valence-corrected chi connectivity index (χ4v) is 5.76. The van der Waals surface area contributed by atoms with Crippen molar-refractivity contribution < 1.29 is 26.7 Å². The maximum Gasteiger partial charge on any atom is 0.261 e. The molecule has 5 heterocycles. The van der Waals surface area contributed by atoms with Crippen molar-refractivity contribution in [3.63, 3.8) is 0 Å². The number of hydrogen-bond donors (Lipinski definition) is 1. The fourth-order valence-electron chi connectivity index (χ4n) is 4.49. The van der Waals surface area contributed by atoms with Crippen LogP contribution in [0.1, 0.15) is 46.3 Å². The lowest BCUT2D eigenvalue weighted by atomic mass is 9.98. The van der Waals surface area contributed by atoms with Gasteiger partial charge in [0.1, 0.15) is 40.8 Å². The molecule has 0 bridgehead atoms. The molecule has 0 radical (unpaired) electrons. The number of pyridine rings is 2. The number of ether oxygens (including phenoxy) is 1. The summed E-state index contributed by atoms with van der Waals surface area (Å²) in [5.41, 5.74) is 2.21. The van der Waals surface area contributed by atoms with E-state index in [1.54, 1.807) is 6.92 Å². The lowest BCUT2D eigenvalue weighted by Gasteiger charge is -2.35. The second kappa shape index (κ2) is 10.4. The number of rotatable bonds is 8. The van der Waals surface area contributed by atoms with Crippen LogP contribution in [0.3, 0.4) is 0 Å². The Kier molecular flexibility index (Phi) is 7.20. The van der Waals surface area contributed by atoms with Crippen molar-refractivity contribution in [2.45, 2.75) is 39.4 Å². The molecule has 5 rings (SSSR count). The zero-order valence-corrected chi connectivity index (χ0v) is 22.9. The Morgan fingerprint density at radius 1 is 1.31 bits per heavy atom. The van der Waals surface area contributed by atoms with Crippen LogP contribution in [0.15, 0.2) is 24.4 Å². The van der Waals surface area contributed by atoms with E-state index in [4.69, 9.17) is 4.74 Å². The van der Waals surface area contributed by atoms with Gasteiger partial charge in [0.15, 0.2) is 6.61 Å². The quantitative estimate of drug-likeness (QED) is 0.338. The Hall–Kier alpha value is -3.72. The van der Waals surface area contributed by atoms with Gasteiger partial charge >= 0.3 is 0 Å². The first-order valence-corrected chi connectivity index (χ1v) is 14.7. The molecule has 0 saturated carbocycles. The van der Waals surface area contributed by atoms with Crippen LogP contribution in [-0.2, 0) is 34.3 Å². The summed E-state index contributed by atoms with van der Waals surface area (Å²) in [5, 5.41) is 4.51. The number of fused-ring (bicyclic) bond motifs is 3. The van der Waals surface area contributed by atoms with Crippen molar-refractivity contribution >= 4 is 38.0 Å². The molecule has 0 fully saturated rings. The van der Waals surface area contributed by atoms with E-state index in [-0.39, 0.29) is 29.7 Å². The Bertz CT molecular complexity index is 1670. The minimum Gasteiger partial charge on any atom is -0.482 e. The normalized spacial score (nSPS) is 15.4. The van der Waals surface area contributed by atoms with Gasteiger partial charge in [0, 0.05) is 19.2 Å². The monoisotopic (exact) mass is 577 g/mol. The zero-order chi connectivity index (χ0) is 27.9. The lowest BCUT2D eigenvalue weighted by molar-refractivity contribution is -0.135. The summed E-state index contributed by atoms with van der Waals surface area (Å²) in [6, 6.07) is 3.36. The van der Waals surface area contributed by atoms with Gasteiger partial charge in [0.25, 0.3) is 5.91 Å². The molecule has 1 atom stereocenters. The predicted molar refractivity (Wildman–Crippen MR) is 139 cm³/mol. The van der Waals surface area contributed by atoms with Crippen molar-refractivity contribution in [2.75, 3.05) is 24.1 Å².